The van der Waals surface area contributed by atoms with Crippen molar-refractivity contribution in [3.63, 3.8) is 0 Å². The number of para-hydroxylation sites is 1. The van der Waals surface area contributed by atoms with Crippen molar-refractivity contribution in [1.29, 1.82) is 0 Å². The summed E-state index contributed by atoms with van der Waals surface area (Å²) in [6, 6.07) is 8.34. The van der Waals surface area contributed by atoms with Crippen LogP contribution in [-0.4, -0.2) is 38.8 Å². The van der Waals surface area contributed by atoms with E-state index in [1.165, 1.54) is 5.56 Å². The highest BCUT2D eigenvalue weighted by molar-refractivity contribution is 6.17. The SMILES string of the molecule is ClCCOCCCNCC1CCOc2ccccc21. The van der Waals surface area contributed by atoms with Gasteiger partial charge < -0.3 is 14.8 Å². The highest BCUT2D eigenvalue weighted by Crippen LogP contribution is 2.32. The lowest BCUT2D eigenvalue weighted by Gasteiger charge is -2.26. The van der Waals surface area contributed by atoms with E-state index in [4.69, 9.17) is 21.1 Å². The second-order valence-corrected chi connectivity index (χ2v) is 5.11. The molecule has 106 valence electrons. The van der Waals surface area contributed by atoms with Gasteiger partial charge in [0.1, 0.15) is 5.75 Å². The molecule has 0 amide bonds. The minimum atomic E-state index is 0.564. The number of fused-ring (bicyclic) bond motifs is 1. The van der Waals surface area contributed by atoms with Gasteiger partial charge in [-0.3, -0.25) is 0 Å². The van der Waals surface area contributed by atoms with Gasteiger partial charge in [-0.25, -0.2) is 0 Å². The predicted octanol–water partition coefficient (Wildman–Crippen LogP) is 2.79. The Morgan fingerprint density at radius 3 is 3.11 bits per heavy atom. The van der Waals surface area contributed by atoms with Crippen molar-refractivity contribution in [3.8, 4) is 5.75 Å². The molecular formula is C15H22ClNO2. The summed E-state index contributed by atoms with van der Waals surface area (Å²) in [6.45, 7) is 4.25. The normalized spacial score (nSPS) is 17.8. The highest BCUT2D eigenvalue weighted by Gasteiger charge is 2.20. The quantitative estimate of drug-likeness (QED) is 0.588. The maximum Gasteiger partial charge on any atom is 0.122 e. The average molecular weight is 284 g/mol. The number of hydrogen-bond acceptors (Lipinski definition) is 3. The monoisotopic (exact) mass is 283 g/mol. The maximum absolute atomic E-state index is 5.67. The summed E-state index contributed by atoms with van der Waals surface area (Å²) >= 11 is 5.54. The van der Waals surface area contributed by atoms with Gasteiger partial charge in [0.15, 0.2) is 0 Å². The van der Waals surface area contributed by atoms with Crippen molar-refractivity contribution >= 4 is 11.6 Å². The molecule has 0 saturated carbocycles. The lowest BCUT2D eigenvalue weighted by atomic mass is 9.93. The van der Waals surface area contributed by atoms with Gasteiger partial charge in [0.25, 0.3) is 0 Å². The first-order valence-electron chi connectivity index (χ1n) is 6.98. The van der Waals surface area contributed by atoms with Gasteiger partial charge in [0, 0.05) is 24.9 Å². The fourth-order valence-electron chi connectivity index (χ4n) is 2.36. The highest BCUT2D eigenvalue weighted by atomic mass is 35.5. The zero-order chi connectivity index (χ0) is 13.3. The van der Waals surface area contributed by atoms with E-state index < -0.39 is 0 Å². The van der Waals surface area contributed by atoms with Crippen LogP contribution in [0.2, 0.25) is 0 Å². The van der Waals surface area contributed by atoms with Crippen molar-refractivity contribution in [2.45, 2.75) is 18.8 Å². The van der Waals surface area contributed by atoms with Crippen LogP contribution in [0, 0.1) is 0 Å². The van der Waals surface area contributed by atoms with Crippen LogP contribution >= 0.6 is 11.6 Å². The van der Waals surface area contributed by atoms with Gasteiger partial charge >= 0.3 is 0 Å². The standard InChI is InChI=1S/C15H22ClNO2/c16-7-11-18-9-3-8-17-12-13-6-10-19-15-5-2-1-4-14(13)15/h1-2,4-5,13,17H,3,6-12H2. The lowest BCUT2D eigenvalue weighted by Crippen LogP contribution is -2.27. The molecule has 1 atom stereocenters. The minimum absolute atomic E-state index is 0.564. The Labute approximate surface area is 120 Å². The molecule has 1 aromatic rings. The molecule has 0 saturated heterocycles. The van der Waals surface area contributed by atoms with E-state index >= 15 is 0 Å². The number of nitrogens with one attached hydrogen (secondary N) is 1. The maximum atomic E-state index is 5.67. The van der Waals surface area contributed by atoms with Gasteiger partial charge in [0.05, 0.1) is 13.2 Å². The van der Waals surface area contributed by atoms with Crippen molar-refractivity contribution in [2.24, 2.45) is 0 Å². The lowest BCUT2D eigenvalue weighted by molar-refractivity contribution is 0.146. The summed E-state index contributed by atoms with van der Waals surface area (Å²) in [7, 11) is 0. The first-order chi connectivity index (χ1) is 9.42. The molecule has 0 radical (unpaired) electrons. The van der Waals surface area contributed by atoms with Crippen molar-refractivity contribution < 1.29 is 9.47 Å². The second kappa shape index (κ2) is 8.41. The molecule has 19 heavy (non-hydrogen) atoms. The largest absolute Gasteiger partial charge is 0.493 e. The molecular weight excluding hydrogens is 262 g/mol. The third kappa shape index (κ3) is 4.68. The summed E-state index contributed by atoms with van der Waals surface area (Å²) in [6.07, 6.45) is 2.12. The zero-order valence-corrected chi connectivity index (χ0v) is 12.0. The third-order valence-electron chi connectivity index (χ3n) is 3.34. The van der Waals surface area contributed by atoms with E-state index in [0.717, 1.165) is 44.9 Å². The molecule has 0 aromatic heterocycles. The van der Waals surface area contributed by atoms with Crippen LogP contribution < -0.4 is 10.1 Å². The first-order valence-corrected chi connectivity index (χ1v) is 7.51. The molecule has 1 aliphatic rings. The number of alkyl halides is 1. The van der Waals surface area contributed by atoms with Crippen LogP contribution in [0.15, 0.2) is 24.3 Å². The van der Waals surface area contributed by atoms with Crippen molar-refractivity contribution in [2.75, 3.05) is 38.8 Å². The van der Waals surface area contributed by atoms with E-state index in [2.05, 4.69) is 23.5 Å². The van der Waals surface area contributed by atoms with E-state index in [-0.39, 0.29) is 0 Å². The van der Waals surface area contributed by atoms with Gasteiger partial charge in [-0.1, -0.05) is 18.2 Å². The van der Waals surface area contributed by atoms with Crippen LogP contribution in [-0.2, 0) is 4.74 Å². The van der Waals surface area contributed by atoms with Gasteiger partial charge in [-0.2, -0.15) is 0 Å². The second-order valence-electron chi connectivity index (χ2n) is 4.73. The summed E-state index contributed by atoms with van der Waals surface area (Å²) in [5.41, 5.74) is 1.33. The smallest absolute Gasteiger partial charge is 0.122 e. The van der Waals surface area contributed by atoms with Gasteiger partial charge in [-0.05, 0) is 31.0 Å². The van der Waals surface area contributed by atoms with Gasteiger partial charge in [0.2, 0.25) is 0 Å². The predicted molar refractivity (Wildman–Crippen MR) is 78.3 cm³/mol. The molecule has 0 fully saturated rings. The van der Waals surface area contributed by atoms with E-state index in [0.29, 0.717) is 18.4 Å². The van der Waals surface area contributed by atoms with E-state index in [9.17, 15) is 0 Å². The Balaban J connectivity index is 1.67. The molecule has 0 bridgehead atoms. The Bertz CT molecular complexity index is 373. The number of halogens is 1. The summed E-state index contributed by atoms with van der Waals surface area (Å²) in [4.78, 5) is 0. The fourth-order valence-corrected chi connectivity index (χ4v) is 2.47. The summed E-state index contributed by atoms with van der Waals surface area (Å²) in [5.74, 6) is 2.19. The van der Waals surface area contributed by atoms with Crippen LogP contribution in [0.4, 0.5) is 0 Å². The first kappa shape index (κ1) is 14.6. The van der Waals surface area contributed by atoms with Crippen molar-refractivity contribution in [3.05, 3.63) is 29.8 Å². The zero-order valence-electron chi connectivity index (χ0n) is 11.2. The third-order valence-corrected chi connectivity index (χ3v) is 3.49. The summed E-state index contributed by atoms with van der Waals surface area (Å²) < 4.78 is 11.0. The number of ether oxygens (including phenoxy) is 2. The fraction of sp³-hybridized carbons (Fsp3) is 0.600. The molecule has 1 N–H and O–H groups in total. The Morgan fingerprint density at radius 1 is 1.32 bits per heavy atom. The number of hydrogen-bond donors (Lipinski definition) is 1. The molecule has 4 heteroatoms. The Morgan fingerprint density at radius 2 is 2.21 bits per heavy atom. The Kier molecular flexibility index (Phi) is 6.48. The molecule has 1 aromatic carbocycles. The molecule has 1 aliphatic heterocycles. The van der Waals surface area contributed by atoms with E-state index in [1.54, 1.807) is 0 Å². The molecule has 2 rings (SSSR count). The van der Waals surface area contributed by atoms with E-state index in [1.807, 2.05) is 6.07 Å². The van der Waals surface area contributed by atoms with Crippen LogP contribution in [0.25, 0.3) is 0 Å². The van der Waals surface area contributed by atoms with Crippen molar-refractivity contribution in [1.82, 2.24) is 5.32 Å². The minimum Gasteiger partial charge on any atom is -0.493 e. The molecule has 1 heterocycles. The molecule has 3 nitrogen and oxygen atoms in total. The summed E-state index contributed by atoms with van der Waals surface area (Å²) in [5, 5.41) is 3.50. The van der Waals surface area contributed by atoms with Crippen LogP contribution in [0.5, 0.6) is 5.75 Å². The number of rotatable bonds is 8. The molecule has 0 spiro atoms. The van der Waals surface area contributed by atoms with Gasteiger partial charge in [-0.15, -0.1) is 11.6 Å². The van der Waals surface area contributed by atoms with Crippen LogP contribution in [0.1, 0.15) is 24.3 Å². The number of benzene rings is 1. The topological polar surface area (TPSA) is 30.5 Å². The Hall–Kier alpha value is -0.770. The van der Waals surface area contributed by atoms with Crippen LogP contribution in [0.3, 0.4) is 0 Å². The molecule has 1 unspecified atom stereocenters. The molecule has 0 aliphatic carbocycles. The average Bonchev–Trinajstić information content (AvgIpc) is 2.46.